The van der Waals surface area contributed by atoms with Crippen LogP contribution in [0.5, 0.6) is 0 Å². The van der Waals surface area contributed by atoms with Gasteiger partial charge in [0.05, 0.1) is 6.61 Å². The molecule has 146 valence electrons. The maximum atomic E-state index is 13.4. The molecular weight excluding hydrogens is 383 g/mol. The summed E-state index contributed by atoms with van der Waals surface area (Å²) in [4.78, 5) is 12.0. The van der Waals surface area contributed by atoms with Crippen molar-refractivity contribution in [2.24, 2.45) is 0 Å². The molecule has 0 fully saturated rings. The molecule has 2 rings (SSSR count). The number of hydrogen-bond donors (Lipinski definition) is 1. The minimum Gasteiger partial charge on any atom is -0.336 e. The van der Waals surface area contributed by atoms with E-state index in [1.54, 1.807) is 0 Å². The molecule has 0 spiro atoms. The summed E-state index contributed by atoms with van der Waals surface area (Å²) >= 11 is 0. The van der Waals surface area contributed by atoms with E-state index >= 15 is 0 Å². The molecule has 0 atom stereocenters. The molecule has 0 unspecified atom stereocenters. The van der Waals surface area contributed by atoms with E-state index < -0.39 is 42.0 Å². The highest BCUT2D eigenvalue weighted by molar-refractivity contribution is 5.94. The van der Waals surface area contributed by atoms with Gasteiger partial charge in [0.15, 0.2) is 0 Å². The van der Waals surface area contributed by atoms with Crippen molar-refractivity contribution < 1.29 is 40.3 Å². The van der Waals surface area contributed by atoms with Crippen LogP contribution in [0.1, 0.15) is 15.9 Å². The molecule has 0 aliphatic carbocycles. The summed E-state index contributed by atoms with van der Waals surface area (Å²) in [5, 5.41) is 0.923. The predicted molar refractivity (Wildman–Crippen MR) is 79.9 cm³/mol. The molecule has 0 saturated heterocycles. The number of nitrogens with one attached hydrogen (secondary N) is 1. The van der Waals surface area contributed by atoms with E-state index in [2.05, 4.69) is 4.74 Å². The van der Waals surface area contributed by atoms with Gasteiger partial charge in [-0.25, -0.2) is 4.39 Å². The van der Waals surface area contributed by atoms with Crippen LogP contribution in [0.25, 0.3) is 0 Å². The summed E-state index contributed by atoms with van der Waals surface area (Å²) in [6.07, 6.45) is -12.0. The van der Waals surface area contributed by atoms with E-state index in [9.17, 15) is 35.5 Å². The van der Waals surface area contributed by atoms with Crippen molar-refractivity contribution in [3.63, 3.8) is 0 Å². The van der Waals surface area contributed by atoms with Crippen LogP contribution in [0.15, 0.2) is 54.6 Å². The lowest BCUT2D eigenvalue weighted by Crippen LogP contribution is -2.69. The highest BCUT2D eigenvalue weighted by Crippen LogP contribution is 2.44. The highest BCUT2D eigenvalue weighted by Gasteiger charge is 2.74. The lowest BCUT2D eigenvalue weighted by atomic mass is 10.1. The summed E-state index contributed by atoms with van der Waals surface area (Å²) in [7, 11) is 0. The highest BCUT2D eigenvalue weighted by atomic mass is 19.4. The topological polar surface area (TPSA) is 38.3 Å². The largest absolute Gasteiger partial charge is 0.446 e. The molecule has 0 aliphatic heterocycles. The number of amides is 1. The predicted octanol–water partition coefficient (Wildman–Crippen LogP) is 4.59. The molecular formula is C17H12F7NO2. The number of ether oxygens (including phenoxy) is 1. The van der Waals surface area contributed by atoms with Gasteiger partial charge in [0.25, 0.3) is 5.91 Å². The summed E-state index contributed by atoms with van der Waals surface area (Å²) in [5.41, 5.74) is -5.51. The molecule has 0 heterocycles. The maximum absolute atomic E-state index is 13.4. The van der Waals surface area contributed by atoms with Crippen molar-refractivity contribution in [2.75, 3.05) is 0 Å². The van der Waals surface area contributed by atoms with Crippen molar-refractivity contribution in [3.8, 4) is 0 Å². The van der Waals surface area contributed by atoms with Gasteiger partial charge in [-0.2, -0.15) is 26.3 Å². The monoisotopic (exact) mass is 395 g/mol. The summed E-state index contributed by atoms with van der Waals surface area (Å²) in [5.74, 6) is -2.35. The Bertz CT molecular complexity index is 757. The third-order valence-electron chi connectivity index (χ3n) is 3.49. The van der Waals surface area contributed by atoms with Crippen LogP contribution in [0.2, 0.25) is 0 Å². The molecule has 0 aromatic heterocycles. The van der Waals surface area contributed by atoms with Gasteiger partial charge in [0, 0.05) is 5.56 Å². The zero-order valence-electron chi connectivity index (χ0n) is 13.4. The Morgan fingerprint density at radius 3 is 1.85 bits per heavy atom. The van der Waals surface area contributed by atoms with E-state index in [4.69, 9.17) is 0 Å². The Morgan fingerprint density at radius 2 is 1.37 bits per heavy atom. The Kier molecular flexibility index (Phi) is 5.79. The average molecular weight is 395 g/mol. The summed E-state index contributed by atoms with van der Waals surface area (Å²) < 4.78 is 97.4. The van der Waals surface area contributed by atoms with Gasteiger partial charge < -0.3 is 10.1 Å². The van der Waals surface area contributed by atoms with Crippen LogP contribution >= 0.6 is 0 Å². The summed E-state index contributed by atoms with van der Waals surface area (Å²) in [6.45, 7) is -1.17. The molecule has 0 bridgehead atoms. The van der Waals surface area contributed by atoms with Crippen LogP contribution in [0, 0.1) is 5.82 Å². The van der Waals surface area contributed by atoms with E-state index in [-0.39, 0.29) is 5.56 Å². The van der Waals surface area contributed by atoms with Crippen LogP contribution in [0.3, 0.4) is 0 Å². The minimum atomic E-state index is -6.02. The van der Waals surface area contributed by atoms with Crippen LogP contribution < -0.4 is 5.32 Å². The molecule has 27 heavy (non-hydrogen) atoms. The van der Waals surface area contributed by atoms with Crippen molar-refractivity contribution >= 4 is 5.91 Å². The number of carbonyl (C=O) groups is 1. The lowest BCUT2D eigenvalue weighted by molar-refractivity contribution is -0.391. The standard InChI is InChI=1S/C17H12F7NO2/c18-13-8-6-11(7-9-13)10-27-15(16(19,20)21,17(22,23)24)25-14(26)12-4-2-1-3-5-12/h1-9H,10H2,(H,25,26). The molecule has 3 nitrogen and oxygen atoms in total. The summed E-state index contributed by atoms with van der Waals surface area (Å²) in [6, 6.07) is 9.71. The molecule has 1 N–H and O–H groups in total. The van der Waals surface area contributed by atoms with Gasteiger partial charge in [0.2, 0.25) is 0 Å². The van der Waals surface area contributed by atoms with E-state index in [0.717, 1.165) is 41.7 Å². The Labute approximate surface area is 148 Å². The Morgan fingerprint density at radius 1 is 0.852 bits per heavy atom. The van der Waals surface area contributed by atoms with E-state index in [0.29, 0.717) is 0 Å². The quantitative estimate of drug-likeness (QED) is 0.594. The molecule has 1 amide bonds. The van der Waals surface area contributed by atoms with E-state index in [1.807, 2.05) is 0 Å². The second-order valence-corrected chi connectivity index (χ2v) is 5.41. The fraction of sp³-hybridized carbons (Fsp3) is 0.235. The van der Waals surface area contributed by atoms with Gasteiger partial charge in [-0.3, -0.25) is 4.79 Å². The lowest BCUT2D eigenvalue weighted by Gasteiger charge is -2.37. The molecule has 2 aromatic rings. The normalized spacial score (nSPS) is 12.7. The molecule has 10 heteroatoms. The number of benzene rings is 2. The second kappa shape index (κ2) is 7.55. The number of rotatable bonds is 5. The minimum absolute atomic E-state index is 0.150. The third-order valence-corrected chi connectivity index (χ3v) is 3.49. The van der Waals surface area contributed by atoms with Crippen LogP contribution in [-0.2, 0) is 11.3 Å². The SMILES string of the molecule is O=C(NC(OCc1ccc(F)cc1)(C(F)(F)F)C(F)(F)F)c1ccccc1. The molecule has 0 radical (unpaired) electrons. The van der Waals surface area contributed by atoms with Gasteiger partial charge >= 0.3 is 18.1 Å². The van der Waals surface area contributed by atoms with Crippen LogP contribution in [0.4, 0.5) is 30.7 Å². The Hall–Kier alpha value is -2.62. The fourth-order valence-electron chi connectivity index (χ4n) is 2.10. The van der Waals surface area contributed by atoms with Crippen molar-refractivity contribution in [2.45, 2.75) is 24.7 Å². The third kappa shape index (κ3) is 4.57. The number of carbonyl (C=O) groups excluding carboxylic acids is 1. The Balaban J connectivity index is 2.37. The van der Waals surface area contributed by atoms with Crippen molar-refractivity contribution in [1.29, 1.82) is 0 Å². The van der Waals surface area contributed by atoms with Gasteiger partial charge in [0.1, 0.15) is 5.82 Å². The van der Waals surface area contributed by atoms with Gasteiger partial charge in [-0.05, 0) is 29.8 Å². The molecule has 0 aliphatic rings. The first-order valence-electron chi connectivity index (χ1n) is 7.36. The zero-order valence-corrected chi connectivity index (χ0v) is 13.4. The number of halogens is 7. The smallest absolute Gasteiger partial charge is 0.336 e. The average Bonchev–Trinajstić information content (AvgIpc) is 2.58. The van der Waals surface area contributed by atoms with Crippen molar-refractivity contribution in [3.05, 3.63) is 71.5 Å². The van der Waals surface area contributed by atoms with Gasteiger partial charge in [-0.15, -0.1) is 0 Å². The van der Waals surface area contributed by atoms with Crippen molar-refractivity contribution in [1.82, 2.24) is 5.32 Å². The van der Waals surface area contributed by atoms with E-state index in [1.165, 1.54) is 18.2 Å². The van der Waals surface area contributed by atoms with Crippen LogP contribution in [-0.4, -0.2) is 24.0 Å². The molecule has 2 aromatic carbocycles. The zero-order chi connectivity index (χ0) is 20.3. The first kappa shape index (κ1) is 20.7. The first-order chi connectivity index (χ1) is 12.5. The number of hydrogen-bond acceptors (Lipinski definition) is 2. The maximum Gasteiger partial charge on any atom is 0.446 e. The fourth-order valence-corrected chi connectivity index (χ4v) is 2.10. The second-order valence-electron chi connectivity index (χ2n) is 5.41. The van der Waals surface area contributed by atoms with Gasteiger partial charge in [-0.1, -0.05) is 30.3 Å². The molecule has 0 saturated carbocycles. The first-order valence-corrected chi connectivity index (χ1v) is 7.36. The number of alkyl halides is 6.